The summed E-state index contributed by atoms with van der Waals surface area (Å²) in [5.74, 6) is -0.427. The van der Waals surface area contributed by atoms with E-state index in [0.717, 1.165) is 0 Å². The van der Waals surface area contributed by atoms with Gasteiger partial charge in [0.15, 0.2) is 0 Å². The smallest absolute Gasteiger partial charge is 0.334 e. The maximum atomic E-state index is 10.7. The molecule has 0 unspecified atom stereocenters. The van der Waals surface area contributed by atoms with Gasteiger partial charge in [-0.15, -0.1) is 0 Å². The number of hydrogen-bond acceptors (Lipinski definition) is 3. The molecule has 0 aliphatic rings. The Hall–Kier alpha value is -1.30. The fourth-order valence-corrected chi connectivity index (χ4v) is 0.514. The first-order valence-electron chi connectivity index (χ1n) is 2.93. The Morgan fingerprint density at radius 3 is 2.70 bits per heavy atom. The van der Waals surface area contributed by atoms with Crippen LogP contribution in [0.15, 0.2) is 11.6 Å². The summed E-state index contributed by atoms with van der Waals surface area (Å²) in [7, 11) is 1.29. The van der Waals surface area contributed by atoms with Gasteiger partial charge in [0.2, 0.25) is 0 Å². The molecule has 0 aromatic rings. The third-order valence-corrected chi connectivity index (χ3v) is 1.07. The topological polar surface area (TPSA) is 50.1 Å². The zero-order chi connectivity index (χ0) is 7.98. The Morgan fingerprint density at radius 2 is 2.40 bits per heavy atom. The van der Waals surface area contributed by atoms with Crippen molar-refractivity contribution in [3.05, 3.63) is 11.6 Å². The van der Waals surface area contributed by atoms with Gasteiger partial charge < -0.3 is 4.74 Å². The normalized spacial score (nSPS) is 10.3. The third kappa shape index (κ3) is 2.31. The van der Waals surface area contributed by atoms with Crippen molar-refractivity contribution < 1.29 is 9.53 Å². The van der Waals surface area contributed by atoms with Crippen LogP contribution in [0.4, 0.5) is 0 Å². The van der Waals surface area contributed by atoms with Crippen molar-refractivity contribution in [2.45, 2.75) is 13.3 Å². The number of carbonyl (C=O) groups excluding carboxylic acids is 1. The van der Waals surface area contributed by atoms with Gasteiger partial charge in [-0.3, -0.25) is 0 Å². The molecule has 54 valence electrons. The van der Waals surface area contributed by atoms with Crippen LogP contribution in [-0.4, -0.2) is 13.1 Å². The average molecular weight is 139 g/mol. The molecule has 3 nitrogen and oxygen atoms in total. The van der Waals surface area contributed by atoms with Crippen LogP contribution in [-0.2, 0) is 9.53 Å². The number of allylic oxidation sites excluding steroid dienone is 1. The molecule has 0 bridgehead atoms. The van der Waals surface area contributed by atoms with Crippen LogP contribution < -0.4 is 0 Å². The van der Waals surface area contributed by atoms with E-state index >= 15 is 0 Å². The first-order chi connectivity index (χ1) is 4.76. The van der Waals surface area contributed by atoms with E-state index in [1.165, 1.54) is 13.2 Å². The Labute approximate surface area is 59.9 Å². The standard InChI is InChI=1S/C7H9NO2/c1-3-6(4-5-8)7(9)10-2/h4H,3H2,1-2H3. The maximum absolute atomic E-state index is 10.7. The van der Waals surface area contributed by atoms with Crippen molar-refractivity contribution in [2.75, 3.05) is 7.11 Å². The van der Waals surface area contributed by atoms with Crippen LogP contribution in [0, 0.1) is 11.3 Å². The maximum Gasteiger partial charge on any atom is 0.334 e. The molecular formula is C7H9NO2. The van der Waals surface area contributed by atoms with Gasteiger partial charge in [-0.1, -0.05) is 6.92 Å². The van der Waals surface area contributed by atoms with E-state index in [1.807, 2.05) is 0 Å². The van der Waals surface area contributed by atoms with Crippen molar-refractivity contribution in [3.63, 3.8) is 0 Å². The molecule has 0 saturated carbocycles. The summed E-state index contributed by atoms with van der Waals surface area (Å²) < 4.78 is 4.40. The summed E-state index contributed by atoms with van der Waals surface area (Å²) in [6.45, 7) is 1.79. The number of carbonyl (C=O) groups is 1. The van der Waals surface area contributed by atoms with Crippen LogP contribution >= 0.6 is 0 Å². The predicted octanol–water partition coefficient (Wildman–Crippen LogP) is 1.02. The van der Waals surface area contributed by atoms with Gasteiger partial charge in [0, 0.05) is 11.6 Å². The Bertz CT molecular complexity index is 188. The number of esters is 1. The van der Waals surface area contributed by atoms with Gasteiger partial charge in [-0.2, -0.15) is 5.26 Å². The molecule has 0 aliphatic heterocycles. The van der Waals surface area contributed by atoms with Crippen molar-refractivity contribution >= 4 is 5.97 Å². The lowest BCUT2D eigenvalue weighted by Crippen LogP contribution is -2.03. The molecule has 0 fully saturated rings. The molecule has 0 heterocycles. The molecule has 0 N–H and O–H groups in total. The van der Waals surface area contributed by atoms with E-state index in [1.54, 1.807) is 13.0 Å². The molecule has 0 spiro atoms. The number of rotatable bonds is 2. The number of nitriles is 1. The second-order valence-electron chi connectivity index (χ2n) is 1.64. The van der Waals surface area contributed by atoms with Gasteiger partial charge >= 0.3 is 5.97 Å². The quantitative estimate of drug-likeness (QED) is 0.326. The van der Waals surface area contributed by atoms with Crippen LogP contribution in [0.5, 0.6) is 0 Å². The van der Waals surface area contributed by atoms with E-state index in [0.29, 0.717) is 12.0 Å². The lowest BCUT2D eigenvalue weighted by molar-refractivity contribution is -0.136. The molecule has 0 radical (unpaired) electrons. The van der Waals surface area contributed by atoms with Gasteiger partial charge in [0.1, 0.15) is 0 Å². The summed E-state index contributed by atoms with van der Waals surface area (Å²) in [6.07, 6.45) is 1.73. The number of methoxy groups -OCH3 is 1. The molecule has 0 atom stereocenters. The first kappa shape index (κ1) is 8.70. The lowest BCUT2D eigenvalue weighted by Gasteiger charge is -1.97. The molecule has 0 amide bonds. The molecule has 0 saturated heterocycles. The van der Waals surface area contributed by atoms with E-state index in [-0.39, 0.29) is 0 Å². The number of ether oxygens (including phenoxy) is 1. The summed E-state index contributed by atoms with van der Waals surface area (Å²) in [6, 6.07) is 1.77. The SMILES string of the molecule is CCC(=CC#N)C(=O)OC. The minimum absolute atomic E-state index is 0.407. The highest BCUT2D eigenvalue weighted by Gasteiger charge is 2.04. The number of nitrogens with zero attached hydrogens (tertiary/aromatic N) is 1. The molecule has 0 rings (SSSR count). The van der Waals surface area contributed by atoms with Crippen LogP contribution in [0.25, 0.3) is 0 Å². The summed E-state index contributed by atoms with van der Waals surface area (Å²) in [5.41, 5.74) is 0.407. The minimum atomic E-state index is -0.427. The monoisotopic (exact) mass is 139 g/mol. The van der Waals surface area contributed by atoms with Gasteiger partial charge in [-0.25, -0.2) is 4.79 Å². The van der Waals surface area contributed by atoms with E-state index in [9.17, 15) is 4.79 Å². The van der Waals surface area contributed by atoms with Crippen molar-refractivity contribution in [3.8, 4) is 6.07 Å². The highest BCUT2D eigenvalue weighted by atomic mass is 16.5. The van der Waals surface area contributed by atoms with Crippen molar-refractivity contribution in [1.29, 1.82) is 5.26 Å². The molecule has 3 heteroatoms. The number of hydrogen-bond donors (Lipinski definition) is 0. The predicted molar refractivity (Wildman–Crippen MR) is 36.0 cm³/mol. The highest BCUT2D eigenvalue weighted by Crippen LogP contribution is 2.00. The fourth-order valence-electron chi connectivity index (χ4n) is 0.514. The molecule has 0 aromatic carbocycles. The fraction of sp³-hybridized carbons (Fsp3) is 0.429. The van der Waals surface area contributed by atoms with E-state index < -0.39 is 5.97 Å². The van der Waals surface area contributed by atoms with Crippen molar-refractivity contribution in [2.24, 2.45) is 0 Å². The molecule has 10 heavy (non-hydrogen) atoms. The van der Waals surface area contributed by atoms with Gasteiger partial charge in [-0.05, 0) is 6.42 Å². The molecule has 0 aliphatic carbocycles. The minimum Gasteiger partial charge on any atom is -0.466 e. The Balaban J connectivity index is 4.24. The summed E-state index contributed by atoms with van der Waals surface area (Å²) in [4.78, 5) is 10.7. The van der Waals surface area contributed by atoms with Crippen LogP contribution in [0.3, 0.4) is 0 Å². The first-order valence-corrected chi connectivity index (χ1v) is 2.93. The largest absolute Gasteiger partial charge is 0.466 e. The lowest BCUT2D eigenvalue weighted by atomic mass is 10.2. The zero-order valence-corrected chi connectivity index (χ0v) is 6.05. The zero-order valence-electron chi connectivity index (χ0n) is 6.05. The van der Waals surface area contributed by atoms with E-state index in [4.69, 9.17) is 5.26 Å². The Kier molecular flexibility index (Phi) is 3.97. The van der Waals surface area contributed by atoms with Gasteiger partial charge in [0.25, 0.3) is 0 Å². The van der Waals surface area contributed by atoms with E-state index in [2.05, 4.69) is 4.74 Å². The average Bonchev–Trinajstić information content (AvgIpc) is 1.99. The molecular weight excluding hydrogens is 130 g/mol. The summed E-state index contributed by atoms with van der Waals surface area (Å²) in [5, 5.41) is 8.18. The molecule has 0 aromatic heterocycles. The van der Waals surface area contributed by atoms with Gasteiger partial charge in [0.05, 0.1) is 13.2 Å². The Morgan fingerprint density at radius 1 is 1.80 bits per heavy atom. The van der Waals surface area contributed by atoms with Crippen molar-refractivity contribution in [1.82, 2.24) is 0 Å². The van der Waals surface area contributed by atoms with Crippen LogP contribution in [0.2, 0.25) is 0 Å². The highest BCUT2D eigenvalue weighted by molar-refractivity contribution is 5.88. The second-order valence-corrected chi connectivity index (χ2v) is 1.64. The van der Waals surface area contributed by atoms with Crippen LogP contribution in [0.1, 0.15) is 13.3 Å². The summed E-state index contributed by atoms with van der Waals surface area (Å²) >= 11 is 0. The second kappa shape index (κ2) is 4.57. The third-order valence-electron chi connectivity index (χ3n) is 1.07.